The van der Waals surface area contributed by atoms with E-state index in [1.54, 1.807) is 29.6 Å². The van der Waals surface area contributed by atoms with Gasteiger partial charge in [-0.2, -0.15) is 13.2 Å². The van der Waals surface area contributed by atoms with E-state index in [1.807, 2.05) is 30.3 Å². The minimum absolute atomic E-state index is 0.298. The highest BCUT2D eigenvalue weighted by atomic mass is 19.4. The molecule has 2 aromatic carbocycles. The molecule has 0 aliphatic rings. The fraction of sp³-hybridized carbons (Fsp3) is 0.263. The molecule has 2 aromatic rings. The molecule has 0 fully saturated rings. The molecule has 2 rings (SSSR count). The first-order chi connectivity index (χ1) is 12.3. The number of benzene rings is 2. The van der Waals surface area contributed by atoms with Gasteiger partial charge in [-0.25, -0.2) is 4.79 Å². The third-order valence-electron chi connectivity index (χ3n) is 3.58. The maximum absolute atomic E-state index is 12.2. The molecule has 0 radical (unpaired) electrons. The Balaban J connectivity index is 1.91. The van der Waals surface area contributed by atoms with Crippen molar-refractivity contribution < 1.29 is 27.5 Å². The molecule has 138 valence electrons. The number of alkyl halides is 3. The van der Waals surface area contributed by atoms with Crippen molar-refractivity contribution in [3.8, 4) is 0 Å². The Bertz CT molecular complexity index is 745. The molecular weight excluding hydrogens is 347 g/mol. The Morgan fingerprint density at radius 2 is 1.58 bits per heavy atom. The lowest BCUT2D eigenvalue weighted by atomic mass is 10.00. The van der Waals surface area contributed by atoms with Crippen LogP contribution in [0.15, 0.2) is 54.6 Å². The van der Waals surface area contributed by atoms with E-state index in [0.717, 1.165) is 17.5 Å². The summed E-state index contributed by atoms with van der Waals surface area (Å²) < 4.78 is 40.9. The van der Waals surface area contributed by atoms with Gasteiger partial charge in [-0.05, 0) is 30.0 Å². The molecule has 0 unspecified atom stereocenters. The van der Waals surface area contributed by atoms with Gasteiger partial charge in [0.2, 0.25) is 0 Å². The third-order valence-corrected chi connectivity index (χ3v) is 3.58. The number of carbonyl (C=O) groups is 2. The Morgan fingerprint density at radius 3 is 2.27 bits per heavy atom. The van der Waals surface area contributed by atoms with Crippen LogP contribution in [0.2, 0.25) is 0 Å². The van der Waals surface area contributed by atoms with Crippen molar-refractivity contribution in [1.82, 2.24) is 5.32 Å². The Hall–Kier alpha value is -2.83. The number of esters is 1. The number of amides is 1. The summed E-state index contributed by atoms with van der Waals surface area (Å²) in [4.78, 5) is 23.5. The van der Waals surface area contributed by atoms with Crippen LogP contribution in [0, 0.1) is 0 Å². The van der Waals surface area contributed by atoms with Crippen LogP contribution in [0.5, 0.6) is 0 Å². The van der Waals surface area contributed by atoms with Gasteiger partial charge in [0.25, 0.3) is 5.91 Å². The topological polar surface area (TPSA) is 55.4 Å². The molecule has 0 heterocycles. The first kappa shape index (κ1) is 19.5. The monoisotopic (exact) mass is 365 g/mol. The standard InChI is InChI=1S/C19H18F3NO3/c20-19(21,22)13-23-17(24)12-26-18(25)16-9-5-4-8-15(16)11-10-14-6-2-1-3-7-14/h1-9H,10-13H2,(H,23,24). The summed E-state index contributed by atoms with van der Waals surface area (Å²) in [5, 5.41) is 1.65. The van der Waals surface area contributed by atoms with Crippen molar-refractivity contribution in [2.75, 3.05) is 13.2 Å². The molecule has 0 atom stereocenters. The highest BCUT2D eigenvalue weighted by Crippen LogP contribution is 2.14. The lowest BCUT2D eigenvalue weighted by Crippen LogP contribution is -2.36. The highest BCUT2D eigenvalue weighted by Gasteiger charge is 2.27. The van der Waals surface area contributed by atoms with E-state index in [2.05, 4.69) is 0 Å². The number of rotatable bonds is 7. The fourth-order valence-corrected chi connectivity index (χ4v) is 2.32. The summed E-state index contributed by atoms with van der Waals surface area (Å²) in [5.74, 6) is -1.74. The van der Waals surface area contributed by atoms with Crippen molar-refractivity contribution in [2.24, 2.45) is 0 Å². The normalized spacial score (nSPS) is 11.0. The zero-order chi connectivity index (χ0) is 19.0. The van der Waals surface area contributed by atoms with Crippen LogP contribution >= 0.6 is 0 Å². The van der Waals surface area contributed by atoms with E-state index in [9.17, 15) is 22.8 Å². The SMILES string of the molecule is O=C(COC(=O)c1ccccc1CCc1ccccc1)NCC(F)(F)F. The minimum Gasteiger partial charge on any atom is -0.452 e. The van der Waals surface area contributed by atoms with E-state index < -0.39 is 31.2 Å². The van der Waals surface area contributed by atoms with E-state index in [0.29, 0.717) is 12.0 Å². The molecule has 0 aliphatic carbocycles. The number of hydrogen-bond acceptors (Lipinski definition) is 3. The molecule has 7 heteroatoms. The second-order valence-electron chi connectivity index (χ2n) is 5.61. The van der Waals surface area contributed by atoms with Crippen LogP contribution in [0.4, 0.5) is 13.2 Å². The van der Waals surface area contributed by atoms with E-state index in [1.165, 1.54) is 0 Å². The summed E-state index contributed by atoms with van der Waals surface area (Å²) >= 11 is 0. The molecule has 4 nitrogen and oxygen atoms in total. The van der Waals surface area contributed by atoms with Crippen LogP contribution < -0.4 is 5.32 Å². The molecular formula is C19H18F3NO3. The molecule has 0 saturated carbocycles. The van der Waals surface area contributed by atoms with Gasteiger partial charge in [-0.15, -0.1) is 0 Å². The Morgan fingerprint density at radius 1 is 0.923 bits per heavy atom. The number of carbonyl (C=O) groups excluding carboxylic acids is 2. The van der Waals surface area contributed by atoms with Crippen LogP contribution in [0.3, 0.4) is 0 Å². The Labute approximate surface area is 149 Å². The highest BCUT2D eigenvalue weighted by molar-refractivity contribution is 5.92. The average Bonchev–Trinajstić information content (AvgIpc) is 2.63. The zero-order valence-electron chi connectivity index (χ0n) is 13.9. The van der Waals surface area contributed by atoms with Crippen LogP contribution in [-0.2, 0) is 22.4 Å². The van der Waals surface area contributed by atoms with Gasteiger partial charge in [-0.1, -0.05) is 48.5 Å². The smallest absolute Gasteiger partial charge is 0.405 e. The molecule has 0 aromatic heterocycles. The second-order valence-corrected chi connectivity index (χ2v) is 5.61. The molecule has 1 amide bonds. The zero-order valence-corrected chi connectivity index (χ0v) is 13.9. The van der Waals surface area contributed by atoms with Gasteiger partial charge in [0, 0.05) is 0 Å². The summed E-state index contributed by atoms with van der Waals surface area (Å²) in [7, 11) is 0. The first-order valence-electron chi connectivity index (χ1n) is 7.97. The van der Waals surface area contributed by atoms with E-state index in [-0.39, 0.29) is 0 Å². The number of hydrogen-bond donors (Lipinski definition) is 1. The fourth-order valence-electron chi connectivity index (χ4n) is 2.32. The van der Waals surface area contributed by atoms with Gasteiger partial charge in [0.15, 0.2) is 6.61 Å². The van der Waals surface area contributed by atoms with Crippen molar-refractivity contribution in [3.05, 3.63) is 71.3 Å². The number of ether oxygens (including phenoxy) is 1. The molecule has 0 bridgehead atoms. The van der Waals surface area contributed by atoms with Crippen LogP contribution in [0.25, 0.3) is 0 Å². The summed E-state index contributed by atoms with van der Waals surface area (Å²) in [6, 6.07) is 16.5. The first-order valence-corrected chi connectivity index (χ1v) is 7.97. The van der Waals surface area contributed by atoms with Gasteiger partial charge < -0.3 is 10.1 Å². The lowest BCUT2D eigenvalue weighted by Gasteiger charge is -2.11. The predicted octanol–water partition coefficient (Wildman–Crippen LogP) is 3.31. The summed E-state index contributed by atoms with van der Waals surface area (Å²) in [6.45, 7) is -2.22. The molecule has 26 heavy (non-hydrogen) atoms. The Kier molecular flexibility index (Phi) is 6.77. The van der Waals surface area contributed by atoms with Crippen LogP contribution in [0.1, 0.15) is 21.5 Å². The van der Waals surface area contributed by atoms with Crippen molar-refractivity contribution in [3.63, 3.8) is 0 Å². The van der Waals surface area contributed by atoms with Crippen molar-refractivity contribution >= 4 is 11.9 Å². The van der Waals surface area contributed by atoms with E-state index in [4.69, 9.17) is 4.74 Å². The van der Waals surface area contributed by atoms with E-state index >= 15 is 0 Å². The summed E-state index contributed by atoms with van der Waals surface area (Å²) in [6.07, 6.45) is -3.20. The summed E-state index contributed by atoms with van der Waals surface area (Å²) in [5.41, 5.74) is 2.16. The molecule has 0 aliphatic heterocycles. The van der Waals surface area contributed by atoms with Gasteiger partial charge in [0.1, 0.15) is 6.54 Å². The molecule has 1 N–H and O–H groups in total. The van der Waals surface area contributed by atoms with Crippen molar-refractivity contribution in [2.45, 2.75) is 19.0 Å². The quantitative estimate of drug-likeness (QED) is 0.766. The lowest BCUT2D eigenvalue weighted by molar-refractivity contribution is -0.140. The average molecular weight is 365 g/mol. The maximum Gasteiger partial charge on any atom is 0.405 e. The largest absolute Gasteiger partial charge is 0.452 e. The number of aryl methyl sites for hydroxylation is 2. The number of halogens is 3. The predicted molar refractivity (Wildman–Crippen MR) is 89.6 cm³/mol. The molecule has 0 saturated heterocycles. The second kappa shape index (κ2) is 9.03. The number of nitrogens with one attached hydrogen (secondary N) is 1. The van der Waals surface area contributed by atoms with Gasteiger partial charge in [0.05, 0.1) is 5.56 Å². The molecule has 0 spiro atoms. The minimum atomic E-state index is -4.51. The van der Waals surface area contributed by atoms with Crippen molar-refractivity contribution in [1.29, 1.82) is 0 Å². The van der Waals surface area contributed by atoms with Gasteiger partial charge in [-0.3, -0.25) is 4.79 Å². The van der Waals surface area contributed by atoms with Crippen LogP contribution in [-0.4, -0.2) is 31.2 Å². The van der Waals surface area contributed by atoms with Gasteiger partial charge >= 0.3 is 12.1 Å². The third kappa shape index (κ3) is 6.58. The maximum atomic E-state index is 12.2.